The lowest BCUT2D eigenvalue weighted by Crippen LogP contribution is -2.56. The minimum atomic E-state index is -3.87. The largest absolute Gasteiger partial charge is 0.345 e. The summed E-state index contributed by atoms with van der Waals surface area (Å²) in [6, 6.07) is 5.65. The van der Waals surface area contributed by atoms with Crippen LogP contribution in [0.1, 0.15) is 64.4 Å². The highest BCUT2D eigenvalue weighted by Crippen LogP contribution is 2.45. The van der Waals surface area contributed by atoms with Gasteiger partial charge in [-0.2, -0.15) is 0 Å². The van der Waals surface area contributed by atoms with Crippen molar-refractivity contribution in [1.82, 2.24) is 15.0 Å². The van der Waals surface area contributed by atoms with Crippen molar-refractivity contribution < 1.29 is 22.0 Å². The predicted octanol–water partition coefficient (Wildman–Crippen LogP) is 6.78. The smallest absolute Gasteiger partial charge is 0.232 e. The number of halogens is 2. The van der Waals surface area contributed by atoms with Crippen molar-refractivity contribution in [3.8, 4) is 11.1 Å². The molecule has 1 aromatic carbocycles. The molecule has 0 radical (unpaired) electrons. The zero-order valence-corrected chi connectivity index (χ0v) is 26.2. The third-order valence-electron chi connectivity index (χ3n) is 8.18. The Hall–Kier alpha value is -3.44. The third-order valence-corrected chi connectivity index (χ3v) is 16.6. The van der Waals surface area contributed by atoms with Crippen LogP contribution in [0.3, 0.4) is 0 Å². The number of anilines is 1. The Balaban J connectivity index is 2.11. The van der Waals surface area contributed by atoms with E-state index in [-0.39, 0.29) is 27.9 Å². The summed E-state index contributed by atoms with van der Waals surface area (Å²) in [7, 11) is -6.40. The highest BCUT2D eigenvalue weighted by molar-refractivity contribution is 7.92. The molecule has 0 bridgehead atoms. The maximum absolute atomic E-state index is 15.7. The van der Waals surface area contributed by atoms with Crippen LogP contribution in [0.15, 0.2) is 49.1 Å². The summed E-state index contributed by atoms with van der Waals surface area (Å²) in [6.45, 7) is 14.6. The number of hydrogen-bond donors (Lipinski definition) is 2. The molecule has 3 heterocycles. The molecule has 0 fully saturated rings. The summed E-state index contributed by atoms with van der Waals surface area (Å²) in [5, 5.41) is 1.53. The van der Waals surface area contributed by atoms with Crippen molar-refractivity contribution in [2.45, 2.75) is 65.1 Å². The van der Waals surface area contributed by atoms with E-state index in [1.165, 1.54) is 13.1 Å². The lowest BCUT2D eigenvalue weighted by molar-refractivity contribution is 0.103. The van der Waals surface area contributed by atoms with Crippen LogP contribution in [0.5, 0.6) is 0 Å². The number of rotatable bonds is 10. The average Bonchev–Trinajstić information content (AvgIpc) is 3.35. The molecule has 4 aromatic rings. The molecule has 41 heavy (non-hydrogen) atoms. The number of H-pyrrole nitrogens is 1. The summed E-state index contributed by atoms with van der Waals surface area (Å²) < 4.78 is 57.3. The second kappa shape index (κ2) is 11.4. The molecule has 0 saturated heterocycles. The van der Waals surface area contributed by atoms with Gasteiger partial charge in [-0.05, 0) is 46.9 Å². The van der Waals surface area contributed by atoms with Crippen LogP contribution in [0, 0.1) is 11.6 Å². The van der Waals surface area contributed by atoms with Gasteiger partial charge in [0, 0.05) is 46.9 Å². The Kier molecular flexibility index (Phi) is 8.52. The number of pyridine rings is 2. The maximum Gasteiger partial charge on any atom is 0.232 e. The van der Waals surface area contributed by atoms with E-state index >= 15 is 8.78 Å². The van der Waals surface area contributed by atoms with Gasteiger partial charge in [-0.1, -0.05) is 47.6 Å². The molecule has 0 aliphatic carbocycles. The van der Waals surface area contributed by atoms with Gasteiger partial charge in [-0.15, -0.1) is 0 Å². The van der Waals surface area contributed by atoms with Crippen LogP contribution in [-0.2, 0) is 10.0 Å². The number of nitrogens with one attached hydrogen (secondary N) is 2. The topological polar surface area (TPSA) is 105 Å². The highest BCUT2D eigenvalue weighted by atomic mass is 32.2. The first kappa shape index (κ1) is 30.5. The Morgan fingerprint density at radius 1 is 1.02 bits per heavy atom. The van der Waals surface area contributed by atoms with Crippen LogP contribution in [0.25, 0.3) is 22.2 Å². The summed E-state index contributed by atoms with van der Waals surface area (Å²) in [5.74, 6) is -3.55. The molecule has 0 spiro atoms. The number of benzene rings is 1. The normalized spacial score (nSPS) is 12.6. The van der Waals surface area contributed by atoms with Crippen molar-refractivity contribution in [3.05, 3.63) is 71.8 Å². The second-order valence-electron chi connectivity index (χ2n) is 11.2. The van der Waals surface area contributed by atoms with E-state index in [1.54, 1.807) is 18.6 Å². The van der Waals surface area contributed by atoms with Crippen LogP contribution < -0.4 is 9.91 Å². The summed E-state index contributed by atoms with van der Waals surface area (Å²) in [6.07, 6.45) is 6.67. The van der Waals surface area contributed by atoms with Crippen molar-refractivity contribution >= 4 is 45.8 Å². The van der Waals surface area contributed by atoms with Crippen LogP contribution in [-0.4, -0.2) is 43.0 Å². The van der Waals surface area contributed by atoms with Crippen LogP contribution >= 0.6 is 0 Å². The average molecular weight is 599 g/mol. The Labute approximate surface area is 240 Å². The van der Waals surface area contributed by atoms with E-state index in [1.807, 2.05) is 12.1 Å². The lowest BCUT2D eigenvalue weighted by atomic mass is 10.00. The molecule has 0 unspecified atom stereocenters. The quantitative estimate of drug-likeness (QED) is 0.155. The molecular formula is C30H36F2N4O3SSi. The maximum atomic E-state index is 15.7. The minimum absolute atomic E-state index is 0.0837. The number of fused-ring (bicyclic) bond motifs is 1. The molecule has 0 atom stereocenters. The van der Waals surface area contributed by atoms with E-state index in [2.05, 4.69) is 61.2 Å². The van der Waals surface area contributed by atoms with Crippen LogP contribution in [0.2, 0.25) is 16.6 Å². The number of aromatic amines is 1. The standard InChI is InChI=1S/C30H36F2N4O3SSi/c1-8-40(38,39)36-24-12-11-23(31)26(27(24)32)28(37)22-16-35-30-25(22)29(41(17(2)3,18(4)5)19(6)7)21(15-34-30)20-10-9-13-33-14-20/h9-19,36H,8H2,1-7H3,(H,34,35). The highest BCUT2D eigenvalue weighted by Gasteiger charge is 2.47. The fourth-order valence-electron chi connectivity index (χ4n) is 6.55. The number of aromatic nitrogens is 3. The fourth-order valence-corrected chi connectivity index (χ4v) is 14.3. The Bertz CT molecular complexity index is 1680. The number of ketones is 1. The van der Waals surface area contributed by atoms with Gasteiger partial charge in [0.2, 0.25) is 15.8 Å². The van der Waals surface area contributed by atoms with Crippen molar-refractivity contribution in [2.75, 3.05) is 10.5 Å². The molecule has 0 aliphatic heterocycles. The molecule has 218 valence electrons. The Morgan fingerprint density at radius 2 is 1.68 bits per heavy atom. The minimum Gasteiger partial charge on any atom is -0.345 e. The van der Waals surface area contributed by atoms with E-state index in [9.17, 15) is 13.2 Å². The summed E-state index contributed by atoms with van der Waals surface area (Å²) >= 11 is 0. The number of nitrogens with zero attached hydrogens (tertiary/aromatic N) is 2. The predicted molar refractivity (Wildman–Crippen MR) is 163 cm³/mol. The van der Waals surface area contributed by atoms with Gasteiger partial charge in [-0.25, -0.2) is 22.2 Å². The van der Waals surface area contributed by atoms with Gasteiger partial charge in [-0.3, -0.25) is 14.5 Å². The van der Waals surface area contributed by atoms with E-state index in [0.717, 1.165) is 28.4 Å². The molecule has 3 aromatic heterocycles. The SMILES string of the molecule is CCS(=O)(=O)Nc1ccc(F)c(C(=O)c2c[nH]c3ncc(-c4cccnc4)c([Si](C(C)C)(C(C)C)C(C)C)c23)c1F. The van der Waals surface area contributed by atoms with Crippen LogP contribution in [0.4, 0.5) is 14.5 Å². The first-order valence-electron chi connectivity index (χ1n) is 13.7. The molecule has 0 saturated carbocycles. The first-order chi connectivity index (χ1) is 19.3. The molecule has 0 amide bonds. The van der Waals surface area contributed by atoms with E-state index < -0.39 is 46.8 Å². The van der Waals surface area contributed by atoms with Crippen molar-refractivity contribution in [2.24, 2.45) is 0 Å². The summed E-state index contributed by atoms with van der Waals surface area (Å²) in [5.41, 5.74) is 1.60. The first-order valence-corrected chi connectivity index (χ1v) is 17.6. The zero-order chi connectivity index (χ0) is 30.3. The molecule has 0 aliphatic rings. The van der Waals surface area contributed by atoms with Gasteiger partial charge in [0.25, 0.3) is 0 Å². The van der Waals surface area contributed by atoms with E-state index in [4.69, 9.17) is 0 Å². The second-order valence-corrected chi connectivity index (χ2v) is 19.1. The van der Waals surface area contributed by atoms with Crippen molar-refractivity contribution in [3.63, 3.8) is 0 Å². The van der Waals surface area contributed by atoms with Gasteiger partial charge < -0.3 is 4.98 Å². The summed E-state index contributed by atoms with van der Waals surface area (Å²) in [4.78, 5) is 26.1. The van der Waals surface area contributed by atoms with Crippen molar-refractivity contribution in [1.29, 1.82) is 0 Å². The molecular weight excluding hydrogens is 563 g/mol. The Morgan fingerprint density at radius 3 is 2.24 bits per heavy atom. The fraction of sp³-hybridized carbons (Fsp3) is 0.367. The van der Waals surface area contributed by atoms with Gasteiger partial charge >= 0.3 is 0 Å². The number of carbonyl (C=O) groups is 1. The molecule has 4 rings (SSSR count). The molecule has 11 heteroatoms. The zero-order valence-electron chi connectivity index (χ0n) is 24.3. The van der Waals surface area contributed by atoms with Gasteiger partial charge in [0.15, 0.2) is 5.82 Å². The number of hydrogen-bond acceptors (Lipinski definition) is 5. The monoisotopic (exact) mass is 598 g/mol. The van der Waals surface area contributed by atoms with Gasteiger partial charge in [0.1, 0.15) is 11.5 Å². The number of sulfonamides is 1. The van der Waals surface area contributed by atoms with E-state index in [0.29, 0.717) is 11.0 Å². The lowest BCUT2D eigenvalue weighted by Gasteiger charge is -2.45. The van der Waals surface area contributed by atoms with Gasteiger partial charge in [0.05, 0.1) is 25.1 Å². The molecule has 2 N–H and O–H groups in total. The third kappa shape index (κ3) is 5.21. The molecule has 7 nitrogen and oxygen atoms in total. The number of carbonyl (C=O) groups excluding carboxylic acids is 1.